The highest BCUT2D eigenvalue weighted by Crippen LogP contribution is 2.29. The van der Waals surface area contributed by atoms with Crippen molar-refractivity contribution in [3.8, 4) is 11.4 Å². The van der Waals surface area contributed by atoms with Gasteiger partial charge >= 0.3 is 5.97 Å². The number of hydrogen-bond acceptors (Lipinski definition) is 4. The van der Waals surface area contributed by atoms with Gasteiger partial charge in [0.15, 0.2) is 5.82 Å². The largest absolute Gasteiger partial charge is 0.481 e. The molecule has 1 aromatic carbocycles. The van der Waals surface area contributed by atoms with Gasteiger partial charge in [-0.15, -0.1) is 5.10 Å². The van der Waals surface area contributed by atoms with Crippen LogP contribution in [0.2, 0.25) is 10.0 Å². The average Bonchev–Trinajstić information content (AvgIpc) is 2.85. The first kappa shape index (κ1) is 15.7. The molecule has 0 saturated carbocycles. The number of benzene rings is 1. The molecule has 8 heteroatoms. The third kappa shape index (κ3) is 3.92. The van der Waals surface area contributed by atoms with Gasteiger partial charge in [-0.1, -0.05) is 36.5 Å². The van der Waals surface area contributed by atoms with E-state index in [1.165, 1.54) is 0 Å². The van der Waals surface area contributed by atoms with Crippen molar-refractivity contribution in [2.75, 3.05) is 0 Å². The molecule has 1 N–H and O–H groups in total. The number of halogens is 2. The van der Waals surface area contributed by atoms with Crippen LogP contribution >= 0.6 is 23.2 Å². The summed E-state index contributed by atoms with van der Waals surface area (Å²) in [5.41, 5.74) is 0.663. The Morgan fingerprint density at radius 3 is 2.81 bits per heavy atom. The van der Waals surface area contributed by atoms with Gasteiger partial charge in [0, 0.05) is 23.6 Å². The van der Waals surface area contributed by atoms with Crippen molar-refractivity contribution in [1.82, 2.24) is 20.2 Å². The fourth-order valence-corrected chi connectivity index (χ4v) is 2.51. The maximum atomic E-state index is 10.8. The first-order chi connectivity index (χ1) is 10.0. The highest BCUT2D eigenvalue weighted by Gasteiger charge is 2.18. The Morgan fingerprint density at radius 1 is 1.43 bits per heavy atom. The lowest BCUT2D eigenvalue weighted by atomic mass is 10.0. The molecule has 1 aromatic heterocycles. The van der Waals surface area contributed by atoms with Crippen LogP contribution in [-0.2, 0) is 11.3 Å². The van der Waals surface area contributed by atoms with Gasteiger partial charge in [0.25, 0.3) is 0 Å². The number of carboxylic acid groups (broad SMARTS) is 1. The van der Waals surface area contributed by atoms with Crippen LogP contribution in [0.15, 0.2) is 18.2 Å². The van der Waals surface area contributed by atoms with Crippen molar-refractivity contribution < 1.29 is 9.90 Å². The van der Waals surface area contributed by atoms with Crippen LogP contribution in [-0.4, -0.2) is 31.3 Å². The number of rotatable bonds is 6. The van der Waals surface area contributed by atoms with Gasteiger partial charge in [-0.2, -0.15) is 0 Å². The van der Waals surface area contributed by atoms with Gasteiger partial charge in [-0.05, 0) is 34.5 Å². The summed E-state index contributed by atoms with van der Waals surface area (Å²) in [7, 11) is 0. The molecule has 2 rings (SSSR count). The molecular formula is C13H14Cl2N4O2. The molecule has 0 spiro atoms. The predicted molar refractivity (Wildman–Crippen MR) is 79.3 cm³/mol. The Bertz CT molecular complexity index is 645. The maximum absolute atomic E-state index is 10.8. The van der Waals surface area contributed by atoms with Crippen LogP contribution in [0.4, 0.5) is 0 Å². The van der Waals surface area contributed by atoms with Crippen LogP contribution in [0.3, 0.4) is 0 Å². The van der Waals surface area contributed by atoms with Crippen molar-refractivity contribution in [2.24, 2.45) is 5.92 Å². The predicted octanol–water partition coefficient (Wildman–Crippen LogP) is 3.15. The second-order valence-electron chi connectivity index (χ2n) is 4.68. The van der Waals surface area contributed by atoms with Gasteiger partial charge in [0.2, 0.25) is 0 Å². The Balaban J connectivity index is 2.27. The average molecular weight is 329 g/mol. The van der Waals surface area contributed by atoms with Gasteiger partial charge in [0.1, 0.15) is 0 Å². The lowest BCUT2D eigenvalue weighted by Gasteiger charge is -2.13. The summed E-state index contributed by atoms with van der Waals surface area (Å²) < 4.78 is 1.58. The van der Waals surface area contributed by atoms with E-state index in [0.29, 0.717) is 28.0 Å². The Morgan fingerprint density at radius 2 is 2.19 bits per heavy atom. The summed E-state index contributed by atoms with van der Waals surface area (Å²) in [4.78, 5) is 10.8. The summed E-state index contributed by atoms with van der Waals surface area (Å²) in [5.74, 6) is -0.377. The van der Waals surface area contributed by atoms with Gasteiger partial charge < -0.3 is 5.11 Å². The van der Waals surface area contributed by atoms with E-state index in [2.05, 4.69) is 15.5 Å². The smallest absolute Gasteiger partial charge is 0.303 e. The molecule has 1 heterocycles. The molecule has 0 fully saturated rings. The summed E-state index contributed by atoms with van der Waals surface area (Å²) in [6.07, 6.45) is 0.796. The van der Waals surface area contributed by atoms with E-state index < -0.39 is 5.97 Å². The second kappa shape index (κ2) is 6.87. The van der Waals surface area contributed by atoms with Gasteiger partial charge in [-0.3, -0.25) is 4.79 Å². The number of aliphatic carboxylic acids is 1. The van der Waals surface area contributed by atoms with Crippen molar-refractivity contribution in [3.63, 3.8) is 0 Å². The van der Waals surface area contributed by atoms with Gasteiger partial charge in [-0.25, -0.2) is 4.68 Å². The summed E-state index contributed by atoms with van der Waals surface area (Å²) in [6, 6.07) is 5.06. The Kier molecular flexibility index (Phi) is 5.14. The van der Waals surface area contributed by atoms with Crippen LogP contribution in [0, 0.1) is 5.92 Å². The molecule has 2 aromatic rings. The fourth-order valence-electron chi connectivity index (χ4n) is 2.02. The molecule has 6 nitrogen and oxygen atoms in total. The van der Waals surface area contributed by atoms with E-state index in [0.717, 1.165) is 6.42 Å². The fraction of sp³-hybridized carbons (Fsp3) is 0.385. The minimum atomic E-state index is -0.832. The van der Waals surface area contributed by atoms with Crippen molar-refractivity contribution in [1.29, 1.82) is 0 Å². The number of carbonyl (C=O) groups is 1. The highest BCUT2D eigenvalue weighted by molar-refractivity contribution is 6.36. The topological polar surface area (TPSA) is 80.9 Å². The number of hydrogen-bond donors (Lipinski definition) is 1. The zero-order valence-electron chi connectivity index (χ0n) is 11.3. The molecule has 21 heavy (non-hydrogen) atoms. The van der Waals surface area contributed by atoms with Gasteiger partial charge in [0.05, 0.1) is 5.02 Å². The minimum Gasteiger partial charge on any atom is -0.481 e. The van der Waals surface area contributed by atoms with E-state index in [1.807, 2.05) is 6.92 Å². The van der Waals surface area contributed by atoms with Crippen LogP contribution in [0.25, 0.3) is 11.4 Å². The molecule has 0 bridgehead atoms. The lowest BCUT2D eigenvalue weighted by Crippen LogP contribution is -2.16. The molecule has 0 aliphatic carbocycles. The molecular weight excluding hydrogens is 315 g/mol. The van der Waals surface area contributed by atoms with E-state index >= 15 is 0 Å². The molecule has 0 radical (unpaired) electrons. The van der Waals surface area contributed by atoms with E-state index in [1.54, 1.807) is 22.9 Å². The molecule has 0 aliphatic rings. The normalized spacial score (nSPS) is 12.3. The zero-order valence-corrected chi connectivity index (χ0v) is 12.8. The monoisotopic (exact) mass is 328 g/mol. The van der Waals surface area contributed by atoms with Crippen molar-refractivity contribution in [2.45, 2.75) is 26.3 Å². The maximum Gasteiger partial charge on any atom is 0.303 e. The third-order valence-electron chi connectivity index (χ3n) is 3.18. The molecule has 112 valence electrons. The zero-order chi connectivity index (χ0) is 15.4. The van der Waals surface area contributed by atoms with E-state index in [4.69, 9.17) is 28.3 Å². The Labute approximate surface area is 131 Å². The summed E-state index contributed by atoms with van der Waals surface area (Å²) in [6.45, 7) is 2.36. The van der Waals surface area contributed by atoms with Crippen LogP contribution in [0.1, 0.15) is 19.8 Å². The number of carboxylic acids is 1. The lowest BCUT2D eigenvalue weighted by molar-refractivity contribution is -0.138. The number of nitrogens with zero attached hydrogens (tertiary/aromatic N) is 4. The first-order valence-corrected chi connectivity index (χ1v) is 7.20. The molecule has 0 aliphatic heterocycles. The Hall–Kier alpha value is -1.66. The van der Waals surface area contributed by atoms with Crippen LogP contribution < -0.4 is 0 Å². The summed E-state index contributed by atoms with van der Waals surface area (Å²) in [5, 5.41) is 21.4. The molecule has 1 unspecified atom stereocenters. The van der Waals surface area contributed by atoms with Crippen molar-refractivity contribution in [3.05, 3.63) is 28.2 Å². The van der Waals surface area contributed by atoms with Crippen LogP contribution in [0.5, 0.6) is 0 Å². The van der Waals surface area contributed by atoms with E-state index in [-0.39, 0.29) is 12.3 Å². The number of tetrazole rings is 1. The SMILES string of the molecule is CCC(CC(=O)O)Cn1nnnc1-c1ccc(Cl)cc1Cl. The quantitative estimate of drug-likeness (QED) is 0.880. The standard InChI is InChI=1S/C13H14Cl2N4O2/c1-2-8(5-12(20)21)7-19-13(16-17-18-19)10-4-3-9(14)6-11(10)15/h3-4,6,8H,2,5,7H2,1H3,(H,20,21). The van der Waals surface area contributed by atoms with E-state index in [9.17, 15) is 4.79 Å². The first-order valence-electron chi connectivity index (χ1n) is 6.44. The van der Waals surface area contributed by atoms with Crippen molar-refractivity contribution >= 4 is 29.2 Å². The molecule has 0 saturated heterocycles. The second-order valence-corrected chi connectivity index (χ2v) is 5.52. The minimum absolute atomic E-state index is 0.0455. The highest BCUT2D eigenvalue weighted by atomic mass is 35.5. The molecule has 0 amide bonds. The molecule has 1 atom stereocenters. The number of aromatic nitrogens is 4. The third-order valence-corrected chi connectivity index (χ3v) is 3.72. The summed E-state index contributed by atoms with van der Waals surface area (Å²) >= 11 is 12.0.